The molecule has 6 heteroatoms. The molecule has 0 bridgehead atoms. The lowest BCUT2D eigenvalue weighted by Crippen LogP contribution is -2.45. The maximum absolute atomic E-state index is 12.5. The lowest BCUT2D eigenvalue weighted by Gasteiger charge is -2.22. The van der Waals surface area contributed by atoms with Gasteiger partial charge in [0.15, 0.2) is 0 Å². The van der Waals surface area contributed by atoms with Gasteiger partial charge < -0.3 is 20.3 Å². The second-order valence-electron chi connectivity index (χ2n) is 20.7. The number of allylic oxidation sites excluding steroid dienone is 4. The number of aliphatic hydroxyl groups excluding tert-OH is 2. The Bertz CT molecular complexity index is 1040. The highest BCUT2D eigenvalue weighted by Gasteiger charge is 2.20. The summed E-state index contributed by atoms with van der Waals surface area (Å²) in [5, 5.41) is 23.3. The number of hydrogen-bond donors (Lipinski definition) is 3. The molecule has 396 valence electrons. The summed E-state index contributed by atoms with van der Waals surface area (Å²) in [6.45, 7) is 4.96. The number of nitrogens with one attached hydrogen (secondary N) is 1. The number of amides is 1. The monoisotopic (exact) mass is 944 g/mol. The van der Waals surface area contributed by atoms with E-state index in [1.807, 2.05) is 0 Å². The van der Waals surface area contributed by atoms with Gasteiger partial charge in [0.1, 0.15) is 0 Å². The van der Waals surface area contributed by atoms with E-state index in [2.05, 4.69) is 43.5 Å². The largest absolute Gasteiger partial charge is 0.466 e. The second-order valence-corrected chi connectivity index (χ2v) is 20.7. The quantitative estimate of drug-likeness (QED) is 0.0321. The number of hydrogen-bond acceptors (Lipinski definition) is 5. The molecule has 2 atom stereocenters. The molecule has 6 nitrogen and oxygen atoms in total. The van der Waals surface area contributed by atoms with E-state index in [1.165, 1.54) is 244 Å². The van der Waals surface area contributed by atoms with E-state index < -0.39 is 12.1 Å². The smallest absolute Gasteiger partial charge is 0.305 e. The Kier molecular flexibility index (Phi) is 55.5. The molecule has 0 saturated heterocycles. The molecule has 0 spiro atoms. The molecule has 3 N–H and O–H groups in total. The highest BCUT2D eigenvalue weighted by atomic mass is 16.5. The normalized spacial score (nSPS) is 12.7. The summed E-state index contributed by atoms with van der Waals surface area (Å²) in [5.41, 5.74) is 0. The van der Waals surface area contributed by atoms with E-state index in [1.54, 1.807) is 0 Å². The van der Waals surface area contributed by atoms with Crippen LogP contribution in [0.3, 0.4) is 0 Å². The molecule has 0 aliphatic carbocycles. The number of carbonyl (C=O) groups is 2. The average molecular weight is 945 g/mol. The summed E-state index contributed by atoms with van der Waals surface area (Å²) in [6.07, 6.45) is 68.9. The Morgan fingerprint density at radius 1 is 0.418 bits per heavy atom. The van der Waals surface area contributed by atoms with Crippen LogP contribution in [0.15, 0.2) is 24.3 Å². The van der Waals surface area contributed by atoms with E-state index in [0.717, 1.165) is 51.4 Å². The summed E-state index contributed by atoms with van der Waals surface area (Å²) < 4.78 is 5.47. The molecule has 0 saturated carbocycles. The highest BCUT2D eigenvalue weighted by Crippen LogP contribution is 2.17. The van der Waals surface area contributed by atoms with Crippen LogP contribution in [0, 0.1) is 0 Å². The van der Waals surface area contributed by atoms with Crippen molar-refractivity contribution in [3.63, 3.8) is 0 Å². The zero-order valence-electron chi connectivity index (χ0n) is 45.1. The number of carbonyl (C=O) groups excluding carboxylic acids is 2. The molecule has 0 aromatic rings. The molecule has 0 fully saturated rings. The van der Waals surface area contributed by atoms with Gasteiger partial charge in [0, 0.05) is 12.8 Å². The Balaban J connectivity index is 3.45. The van der Waals surface area contributed by atoms with Crippen molar-refractivity contribution in [3.05, 3.63) is 24.3 Å². The molecule has 0 rings (SSSR count). The van der Waals surface area contributed by atoms with E-state index in [9.17, 15) is 19.8 Å². The minimum absolute atomic E-state index is 0.00797. The van der Waals surface area contributed by atoms with E-state index >= 15 is 0 Å². The Labute approximate surface area is 418 Å². The molecule has 0 aromatic carbocycles. The van der Waals surface area contributed by atoms with Crippen LogP contribution in [-0.4, -0.2) is 47.4 Å². The Morgan fingerprint density at radius 3 is 1.13 bits per heavy atom. The SMILES string of the molecule is CCCCCCCCCCCCCCCCCC(O)C(CO)NC(=O)CCCCCCCCC/C=C\C/C=C\CCCCCCCCCCCOC(=O)CCCCCCCCCCCCCC. The number of aliphatic hydroxyl groups is 2. The van der Waals surface area contributed by atoms with Crippen LogP contribution in [0.1, 0.15) is 328 Å². The third-order valence-corrected chi connectivity index (χ3v) is 14.0. The first kappa shape index (κ1) is 65.3. The van der Waals surface area contributed by atoms with Gasteiger partial charge in [-0.2, -0.15) is 0 Å². The summed E-state index contributed by atoms with van der Waals surface area (Å²) in [4.78, 5) is 24.5. The molecule has 1 amide bonds. The van der Waals surface area contributed by atoms with Crippen molar-refractivity contribution in [2.45, 2.75) is 341 Å². The molecule has 67 heavy (non-hydrogen) atoms. The van der Waals surface area contributed by atoms with Crippen molar-refractivity contribution in [2.75, 3.05) is 13.2 Å². The van der Waals surface area contributed by atoms with Crippen molar-refractivity contribution in [2.24, 2.45) is 0 Å². The van der Waals surface area contributed by atoms with Gasteiger partial charge in [0.25, 0.3) is 0 Å². The van der Waals surface area contributed by atoms with Crippen LogP contribution in [0.2, 0.25) is 0 Å². The minimum atomic E-state index is -0.670. The third-order valence-electron chi connectivity index (χ3n) is 14.0. The van der Waals surface area contributed by atoms with Gasteiger partial charge in [-0.15, -0.1) is 0 Å². The van der Waals surface area contributed by atoms with Crippen molar-refractivity contribution in [1.82, 2.24) is 5.32 Å². The Hall–Kier alpha value is -1.66. The van der Waals surface area contributed by atoms with Gasteiger partial charge in [-0.1, -0.05) is 282 Å². The first-order chi connectivity index (χ1) is 33.0. The highest BCUT2D eigenvalue weighted by molar-refractivity contribution is 5.76. The fraction of sp³-hybridized carbons (Fsp3) is 0.902. The lowest BCUT2D eigenvalue weighted by atomic mass is 10.0. The molecular formula is C61H117NO5. The van der Waals surface area contributed by atoms with E-state index in [-0.39, 0.29) is 18.5 Å². The number of ether oxygens (including phenoxy) is 1. The minimum Gasteiger partial charge on any atom is -0.466 e. The van der Waals surface area contributed by atoms with Gasteiger partial charge >= 0.3 is 5.97 Å². The first-order valence-corrected chi connectivity index (χ1v) is 30.1. The van der Waals surface area contributed by atoms with Crippen LogP contribution in [0.25, 0.3) is 0 Å². The van der Waals surface area contributed by atoms with Crippen LogP contribution in [0.5, 0.6) is 0 Å². The number of unbranched alkanes of at least 4 members (excludes halogenated alkanes) is 41. The van der Waals surface area contributed by atoms with Crippen molar-refractivity contribution >= 4 is 11.9 Å². The lowest BCUT2D eigenvalue weighted by molar-refractivity contribution is -0.143. The first-order valence-electron chi connectivity index (χ1n) is 30.1. The third kappa shape index (κ3) is 53.5. The molecule has 0 aliphatic rings. The second kappa shape index (κ2) is 56.9. The predicted octanol–water partition coefficient (Wildman–Crippen LogP) is 18.6. The van der Waals surface area contributed by atoms with Crippen molar-refractivity contribution in [3.8, 4) is 0 Å². The van der Waals surface area contributed by atoms with Gasteiger partial charge in [-0.25, -0.2) is 0 Å². The zero-order chi connectivity index (χ0) is 48.6. The fourth-order valence-corrected chi connectivity index (χ4v) is 9.38. The molecule has 0 radical (unpaired) electrons. The molecule has 0 heterocycles. The summed E-state index contributed by atoms with van der Waals surface area (Å²) in [7, 11) is 0. The van der Waals surface area contributed by atoms with E-state index in [4.69, 9.17) is 4.74 Å². The van der Waals surface area contributed by atoms with Gasteiger partial charge in [-0.3, -0.25) is 9.59 Å². The standard InChI is InChI=1S/C61H117NO5/c1-3-5-7-9-11-13-15-17-27-30-33-37-41-45-49-53-59(64)58(57-63)62-60(65)54-50-46-42-38-34-31-28-25-23-21-19-18-20-22-24-26-29-32-36-40-44-48-52-56-67-61(66)55-51-47-43-39-35-16-14-12-10-8-6-4-2/h18,20-21,23,58-59,63-64H,3-17,19,22,24-57H2,1-2H3,(H,62,65)/b20-18-,23-21-. The fourth-order valence-electron chi connectivity index (χ4n) is 9.38. The predicted molar refractivity (Wildman–Crippen MR) is 292 cm³/mol. The summed E-state index contributed by atoms with van der Waals surface area (Å²) >= 11 is 0. The summed E-state index contributed by atoms with van der Waals surface area (Å²) in [5.74, 6) is -0.0358. The molecule has 2 unspecified atom stereocenters. The number of rotatable bonds is 56. The molecule has 0 aromatic heterocycles. The molecular weight excluding hydrogens is 827 g/mol. The van der Waals surface area contributed by atoms with E-state index in [0.29, 0.717) is 25.9 Å². The molecule has 0 aliphatic heterocycles. The van der Waals surface area contributed by atoms with Crippen LogP contribution in [0.4, 0.5) is 0 Å². The average Bonchev–Trinajstić information content (AvgIpc) is 3.33. The Morgan fingerprint density at radius 2 is 0.746 bits per heavy atom. The van der Waals surface area contributed by atoms with Gasteiger partial charge in [0.05, 0.1) is 25.4 Å². The van der Waals surface area contributed by atoms with Crippen LogP contribution < -0.4 is 5.32 Å². The van der Waals surface area contributed by atoms with Crippen LogP contribution in [-0.2, 0) is 14.3 Å². The van der Waals surface area contributed by atoms with Crippen molar-refractivity contribution in [1.29, 1.82) is 0 Å². The maximum atomic E-state index is 12.5. The topological polar surface area (TPSA) is 95.9 Å². The summed E-state index contributed by atoms with van der Waals surface area (Å²) in [6, 6.07) is -0.548. The van der Waals surface area contributed by atoms with Crippen molar-refractivity contribution < 1.29 is 24.5 Å². The maximum Gasteiger partial charge on any atom is 0.305 e. The van der Waals surface area contributed by atoms with Gasteiger partial charge in [0.2, 0.25) is 5.91 Å². The zero-order valence-corrected chi connectivity index (χ0v) is 45.1. The number of esters is 1. The van der Waals surface area contributed by atoms with Gasteiger partial charge in [-0.05, 0) is 57.8 Å². The van der Waals surface area contributed by atoms with Crippen LogP contribution >= 0.6 is 0 Å².